The fraction of sp³-hybridized carbons (Fsp3) is 0.296. The van der Waals surface area contributed by atoms with Gasteiger partial charge in [-0.3, -0.25) is 0 Å². The summed E-state index contributed by atoms with van der Waals surface area (Å²) in [7, 11) is 3.13. The number of hydrogen-bond donors (Lipinski definition) is 1. The fourth-order valence-corrected chi connectivity index (χ4v) is 3.99. The number of nitrogens with zero attached hydrogens (tertiary/aromatic N) is 3. The second-order valence-electron chi connectivity index (χ2n) is 8.19. The molecule has 4 rings (SSSR count). The van der Waals surface area contributed by atoms with E-state index >= 15 is 0 Å². The van der Waals surface area contributed by atoms with Crippen molar-refractivity contribution < 1.29 is 23.0 Å². The summed E-state index contributed by atoms with van der Waals surface area (Å²) < 4.78 is 45.0. The molecular weight excluding hydrogens is 466 g/mol. The Bertz CT molecular complexity index is 1370. The number of pyridine rings is 1. The Morgan fingerprint density at radius 3 is 2.42 bits per heavy atom. The van der Waals surface area contributed by atoms with Crippen molar-refractivity contribution in [3.63, 3.8) is 0 Å². The molecule has 1 atom stereocenters. The largest absolute Gasteiger partial charge is 0.495 e. The van der Waals surface area contributed by atoms with E-state index in [1.807, 2.05) is 12.1 Å². The maximum absolute atomic E-state index is 14.3. The van der Waals surface area contributed by atoms with Gasteiger partial charge < -0.3 is 19.5 Å². The van der Waals surface area contributed by atoms with Crippen molar-refractivity contribution in [2.75, 3.05) is 19.5 Å². The Morgan fingerprint density at radius 1 is 0.917 bits per heavy atom. The van der Waals surface area contributed by atoms with Gasteiger partial charge in [0.15, 0.2) is 11.5 Å². The van der Waals surface area contributed by atoms with Crippen LogP contribution in [0.1, 0.15) is 33.1 Å². The van der Waals surface area contributed by atoms with Crippen LogP contribution in [0.5, 0.6) is 17.2 Å². The second kappa shape index (κ2) is 11.2. The maximum Gasteiger partial charge on any atom is 0.223 e. The number of methoxy groups -OCH3 is 2. The molecule has 2 heterocycles. The summed E-state index contributed by atoms with van der Waals surface area (Å²) in [6, 6.07) is 11.2. The zero-order valence-electron chi connectivity index (χ0n) is 20.6. The van der Waals surface area contributed by atoms with Crippen molar-refractivity contribution >= 4 is 22.4 Å². The molecule has 0 aliphatic rings. The molecule has 188 valence electrons. The van der Waals surface area contributed by atoms with Gasteiger partial charge in [-0.2, -0.15) is 13.8 Å². The van der Waals surface area contributed by atoms with Crippen LogP contribution < -0.4 is 19.5 Å². The molecule has 0 aliphatic carbocycles. The van der Waals surface area contributed by atoms with Crippen LogP contribution in [-0.4, -0.2) is 35.3 Å². The zero-order chi connectivity index (χ0) is 25.7. The summed E-state index contributed by atoms with van der Waals surface area (Å²) >= 11 is 0. The van der Waals surface area contributed by atoms with E-state index in [1.54, 1.807) is 25.3 Å². The normalized spacial score (nSPS) is 11.8. The molecule has 0 saturated carbocycles. The Labute approximate surface area is 208 Å². The average Bonchev–Trinajstić information content (AvgIpc) is 2.88. The van der Waals surface area contributed by atoms with E-state index in [9.17, 15) is 8.78 Å². The number of aromatic nitrogens is 3. The van der Waals surface area contributed by atoms with Crippen LogP contribution in [0.4, 0.5) is 20.3 Å². The van der Waals surface area contributed by atoms with Gasteiger partial charge in [0.2, 0.25) is 11.9 Å². The molecule has 0 radical (unpaired) electrons. The number of rotatable bonds is 10. The zero-order valence-corrected chi connectivity index (χ0v) is 20.6. The average molecular weight is 495 g/mol. The van der Waals surface area contributed by atoms with Gasteiger partial charge in [0.05, 0.1) is 31.5 Å². The third kappa shape index (κ3) is 5.30. The number of halogens is 2. The maximum atomic E-state index is 14.3. The molecule has 0 aliphatic heterocycles. The van der Waals surface area contributed by atoms with Gasteiger partial charge in [0.25, 0.3) is 0 Å². The Kier molecular flexibility index (Phi) is 7.77. The first-order valence-electron chi connectivity index (χ1n) is 11.7. The van der Waals surface area contributed by atoms with Crippen LogP contribution in [0.3, 0.4) is 0 Å². The Morgan fingerprint density at radius 2 is 1.72 bits per heavy atom. The number of ether oxygens (including phenoxy) is 3. The number of hydrogen-bond acceptors (Lipinski definition) is 7. The molecule has 0 amide bonds. The number of fused-ring (bicyclic) bond motifs is 1. The van der Waals surface area contributed by atoms with Crippen LogP contribution in [0.2, 0.25) is 0 Å². The number of benzene rings is 2. The van der Waals surface area contributed by atoms with Crippen LogP contribution in [0.15, 0.2) is 48.8 Å². The predicted molar refractivity (Wildman–Crippen MR) is 135 cm³/mol. The van der Waals surface area contributed by atoms with E-state index < -0.39 is 11.9 Å². The summed E-state index contributed by atoms with van der Waals surface area (Å²) in [5.74, 6) is 0.423. The second-order valence-corrected chi connectivity index (χ2v) is 8.19. The molecule has 4 aromatic rings. The Balaban J connectivity index is 1.77. The lowest BCUT2D eigenvalue weighted by atomic mass is 10.1. The summed E-state index contributed by atoms with van der Waals surface area (Å²) in [5, 5.41) is 3.99. The summed E-state index contributed by atoms with van der Waals surface area (Å²) in [6.07, 6.45) is 4.29. The molecule has 0 spiro atoms. The molecule has 36 heavy (non-hydrogen) atoms. The van der Waals surface area contributed by atoms with Gasteiger partial charge in [-0.15, -0.1) is 0 Å². The molecule has 1 N–H and O–H groups in total. The van der Waals surface area contributed by atoms with Gasteiger partial charge in [0, 0.05) is 17.0 Å². The lowest BCUT2D eigenvalue weighted by molar-refractivity contribution is 0.178. The highest BCUT2D eigenvalue weighted by Gasteiger charge is 2.17. The van der Waals surface area contributed by atoms with Crippen molar-refractivity contribution in [3.8, 4) is 28.4 Å². The first-order valence-corrected chi connectivity index (χ1v) is 11.7. The van der Waals surface area contributed by atoms with Gasteiger partial charge in [-0.25, -0.2) is 9.97 Å². The molecule has 2 aromatic carbocycles. The minimum atomic E-state index is -0.898. The van der Waals surface area contributed by atoms with Gasteiger partial charge in [-0.05, 0) is 48.7 Å². The summed E-state index contributed by atoms with van der Waals surface area (Å²) in [5.41, 5.74) is 1.85. The Hall–Kier alpha value is -4.01. The van der Waals surface area contributed by atoms with Crippen molar-refractivity contribution in [2.24, 2.45) is 0 Å². The molecule has 0 bridgehead atoms. The van der Waals surface area contributed by atoms with E-state index in [1.165, 1.54) is 19.5 Å². The van der Waals surface area contributed by atoms with E-state index in [0.717, 1.165) is 25.3 Å². The van der Waals surface area contributed by atoms with Crippen LogP contribution >= 0.6 is 0 Å². The minimum Gasteiger partial charge on any atom is -0.495 e. The van der Waals surface area contributed by atoms with Crippen molar-refractivity contribution in [2.45, 2.75) is 39.2 Å². The van der Waals surface area contributed by atoms with Crippen molar-refractivity contribution in [1.29, 1.82) is 0 Å². The smallest absolute Gasteiger partial charge is 0.223 e. The van der Waals surface area contributed by atoms with Crippen LogP contribution in [0, 0.1) is 11.9 Å². The van der Waals surface area contributed by atoms with E-state index in [-0.39, 0.29) is 11.7 Å². The highest BCUT2D eigenvalue weighted by molar-refractivity contribution is 5.93. The quantitative estimate of drug-likeness (QED) is 0.246. The fourth-order valence-electron chi connectivity index (χ4n) is 3.99. The number of anilines is 2. The first kappa shape index (κ1) is 25.1. The standard InChI is InChI=1S/C27H28F2N4O3/c1-5-7-17(6-2)36-24-13-19-20(14-23(24)35-4)30-15-31-27(19)32-21-12-16(8-10-22(21)34-3)18-9-11-25(28)33-26(18)29/h8-15,17H,5-7H2,1-4H3,(H,30,31,32). The molecule has 1 unspecified atom stereocenters. The van der Waals surface area contributed by atoms with Gasteiger partial charge >= 0.3 is 0 Å². The van der Waals surface area contributed by atoms with E-state index in [4.69, 9.17) is 14.2 Å². The lowest BCUT2D eigenvalue weighted by Gasteiger charge is -2.20. The third-order valence-electron chi connectivity index (χ3n) is 5.86. The first-order chi connectivity index (χ1) is 17.5. The van der Waals surface area contributed by atoms with E-state index in [0.29, 0.717) is 45.2 Å². The third-order valence-corrected chi connectivity index (χ3v) is 5.86. The topological polar surface area (TPSA) is 78.4 Å². The molecular formula is C27H28F2N4O3. The molecule has 0 saturated heterocycles. The molecule has 9 heteroatoms. The van der Waals surface area contributed by atoms with E-state index in [2.05, 4.69) is 34.1 Å². The molecule has 0 fully saturated rings. The highest BCUT2D eigenvalue weighted by atomic mass is 19.1. The minimum absolute atomic E-state index is 0.0541. The van der Waals surface area contributed by atoms with Crippen LogP contribution in [0.25, 0.3) is 22.0 Å². The predicted octanol–water partition coefficient (Wildman–Crippen LogP) is 6.69. The SMILES string of the molecule is CCCC(CC)Oc1cc2c(Nc3cc(-c4ccc(F)nc4F)ccc3OC)ncnc2cc1OC. The van der Waals surface area contributed by atoms with Crippen molar-refractivity contribution in [3.05, 3.63) is 60.7 Å². The van der Waals surface area contributed by atoms with Gasteiger partial charge in [0.1, 0.15) is 17.9 Å². The molecule has 2 aromatic heterocycles. The summed E-state index contributed by atoms with van der Waals surface area (Å²) in [6.45, 7) is 4.21. The van der Waals surface area contributed by atoms with Crippen LogP contribution in [-0.2, 0) is 0 Å². The number of nitrogens with one attached hydrogen (secondary N) is 1. The summed E-state index contributed by atoms with van der Waals surface area (Å²) in [4.78, 5) is 12.1. The lowest BCUT2D eigenvalue weighted by Crippen LogP contribution is -2.15. The highest BCUT2D eigenvalue weighted by Crippen LogP contribution is 2.38. The monoisotopic (exact) mass is 494 g/mol. The molecule has 7 nitrogen and oxygen atoms in total. The van der Waals surface area contributed by atoms with Crippen molar-refractivity contribution in [1.82, 2.24) is 15.0 Å². The van der Waals surface area contributed by atoms with Gasteiger partial charge in [-0.1, -0.05) is 26.3 Å².